The number of ether oxygens (including phenoxy) is 1. The number of hydrogen-bond donors (Lipinski definition) is 1. The fraction of sp³-hybridized carbons (Fsp3) is 0.111. The van der Waals surface area contributed by atoms with E-state index >= 15 is 0 Å². The third-order valence-electron chi connectivity index (χ3n) is 3.85. The van der Waals surface area contributed by atoms with Crippen LogP contribution in [0.1, 0.15) is 15.9 Å². The second-order valence-electron chi connectivity index (χ2n) is 5.60. The van der Waals surface area contributed by atoms with Gasteiger partial charge >= 0.3 is 0 Å². The molecule has 3 aromatic rings. The molecule has 0 atom stereocenters. The normalized spacial score (nSPS) is 10.8. The molecule has 0 aliphatic heterocycles. The van der Waals surface area contributed by atoms with Crippen LogP contribution in [0.3, 0.4) is 0 Å². The smallest absolute Gasteiger partial charge is 0.260 e. The zero-order valence-electron chi connectivity index (χ0n) is 14.3. The van der Waals surface area contributed by atoms with Crippen molar-refractivity contribution in [1.82, 2.24) is 9.78 Å². The van der Waals surface area contributed by atoms with E-state index in [0.29, 0.717) is 5.75 Å². The van der Waals surface area contributed by atoms with Gasteiger partial charge in [0, 0.05) is 12.3 Å². The van der Waals surface area contributed by atoms with Gasteiger partial charge in [-0.15, -0.1) is 0 Å². The number of rotatable bonds is 5. The quantitative estimate of drug-likeness (QED) is 0.404. The summed E-state index contributed by atoms with van der Waals surface area (Å²) in [5.74, 6) is -10.4. The van der Waals surface area contributed by atoms with Crippen molar-refractivity contribution in [3.8, 4) is 5.75 Å². The Morgan fingerprint density at radius 2 is 1.61 bits per heavy atom. The maximum absolute atomic E-state index is 13.8. The number of nitrogens with zero attached hydrogens (tertiary/aromatic N) is 2. The Balaban J connectivity index is 1.81. The number of anilines is 1. The molecule has 1 aromatic heterocycles. The number of para-hydroxylation sites is 1. The Hall–Kier alpha value is -3.43. The lowest BCUT2D eigenvalue weighted by Crippen LogP contribution is -2.14. The number of benzene rings is 2. The molecular weight excluding hydrogens is 385 g/mol. The molecule has 2 aromatic carbocycles. The van der Waals surface area contributed by atoms with Crippen molar-refractivity contribution in [2.24, 2.45) is 0 Å². The second kappa shape index (κ2) is 7.67. The minimum atomic E-state index is -2.23. The third kappa shape index (κ3) is 3.53. The van der Waals surface area contributed by atoms with E-state index in [-0.39, 0.29) is 11.4 Å². The molecule has 0 aliphatic rings. The average Bonchev–Trinajstić information content (AvgIpc) is 3.15. The summed E-state index contributed by atoms with van der Waals surface area (Å²) >= 11 is 0. The molecule has 0 saturated carbocycles. The molecular formula is C18H12F5N3O2. The van der Waals surface area contributed by atoms with Crippen molar-refractivity contribution in [1.29, 1.82) is 0 Å². The topological polar surface area (TPSA) is 56.1 Å². The maximum atomic E-state index is 13.8. The standard InChI is InChI=1S/C18H12F5N3O2/c1-28-11-5-3-2-4-9(11)18(27)24-12-6-7-26(25-12)8-10-13(19)15(21)17(23)16(22)14(10)20/h2-7H,8H2,1H3,(H,24,25,27). The van der Waals surface area contributed by atoms with E-state index in [1.54, 1.807) is 18.2 Å². The van der Waals surface area contributed by atoms with Crippen LogP contribution in [0.2, 0.25) is 0 Å². The summed E-state index contributed by atoms with van der Waals surface area (Å²) in [5.41, 5.74) is -0.818. The molecule has 5 nitrogen and oxygen atoms in total. The SMILES string of the molecule is COc1ccccc1C(=O)Nc1ccn(Cc2c(F)c(F)c(F)c(F)c2F)n1. The number of hydrogen-bond acceptors (Lipinski definition) is 3. The Morgan fingerprint density at radius 3 is 2.25 bits per heavy atom. The van der Waals surface area contributed by atoms with E-state index in [1.807, 2.05) is 0 Å². The molecule has 0 aliphatic carbocycles. The van der Waals surface area contributed by atoms with E-state index in [2.05, 4.69) is 10.4 Å². The van der Waals surface area contributed by atoms with Gasteiger partial charge < -0.3 is 10.1 Å². The first-order valence-corrected chi connectivity index (χ1v) is 7.81. The van der Waals surface area contributed by atoms with Gasteiger partial charge in [-0.2, -0.15) is 5.10 Å². The maximum Gasteiger partial charge on any atom is 0.260 e. The summed E-state index contributed by atoms with van der Waals surface area (Å²) in [5, 5.41) is 6.32. The number of aromatic nitrogens is 2. The highest BCUT2D eigenvalue weighted by atomic mass is 19.2. The summed E-state index contributed by atoms with van der Waals surface area (Å²) in [6.45, 7) is -0.726. The number of amides is 1. The lowest BCUT2D eigenvalue weighted by atomic mass is 10.1. The van der Waals surface area contributed by atoms with Crippen LogP contribution in [-0.2, 0) is 6.54 Å². The van der Waals surface area contributed by atoms with Crippen LogP contribution in [0.25, 0.3) is 0 Å². The minimum Gasteiger partial charge on any atom is -0.496 e. The van der Waals surface area contributed by atoms with Crippen molar-refractivity contribution in [3.63, 3.8) is 0 Å². The zero-order chi connectivity index (χ0) is 20.4. The highest BCUT2D eigenvalue weighted by Gasteiger charge is 2.26. The number of halogens is 5. The van der Waals surface area contributed by atoms with Gasteiger partial charge in [-0.05, 0) is 12.1 Å². The van der Waals surface area contributed by atoms with E-state index in [0.717, 1.165) is 4.68 Å². The Morgan fingerprint density at radius 1 is 1.00 bits per heavy atom. The average molecular weight is 397 g/mol. The highest BCUT2D eigenvalue weighted by Crippen LogP contribution is 2.24. The molecule has 0 unspecified atom stereocenters. The zero-order valence-corrected chi connectivity index (χ0v) is 14.3. The lowest BCUT2D eigenvalue weighted by Gasteiger charge is -2.09. The highest BCUT2D eigenvalue weighted by molar-refractivity contribution is 6.05. The molecule has 0 bridgehead atoms. The van der Waals surface area contributed by atoms with E-state index in [9.17, 15) is 26.7 Å². The van der Waals surface area contributed by atoms with Crippen LogP contribution in [0.4, 0.5) is 27.8 Å². The first kappa shape index (κ1) is 19.3. The van der Waals surface area contributed by atoms with Crippen LogP contribution in [0.15, 0.2) is 36.5 Å². The van der Waals surface area contributed by atoms with Gasteiger partial charge in [-0.25, -0.2) is 22.0 Å². The fourth-order valence-electron chi connectivity index (χ4n) is 2.48. The van der Waals surface area contributed by atoms with Crippen molar-refractivity contribution in [2.75, 3.05) is 12.4 Å². The number of methoxy groups -OCH3 is 1. The van der Waals surface area contributed by atoms with Gasteiger partial charge in [-0.3, -0.25) is 9.48 Å². The monoisotopic (exact) mass is 397 g/mol. The molecule has 0 radical (unpaired) electrons. The van der Waals surface area contributed by atoms with Crippen LogP contribution >= 0.6 is 0 Å². The van der Waals surface area contributed by atoms with Gasteiger partial charge in [0.05, 0.1) is 24.8 Å². The van der Waals surface area contributed by atoms with Gasteiger partial charge in [0.1, 0.15) is 5.75 Å². The molecule has 1 heterocycles. The first-order valence-electron chi connectivity index (χ1n) is 7.81. The van der Waals surface area contributed by atoms with Crippen molar-refractivity contribution in [2.45, 2.75) is 6.54 Å². The summed E-state index contributed by atoms with van der Waals surface area (Å²) in [6.07, 6.45) is 1.22. The van der Waals surface area contributed by atoms with Crippen LogP contribution in [0, 0.1) is 29.1 Å². The fourth-order valence-corrected chi connectivity index (χ4v) is 2.48. The predicted molar refractivity (Wildman–Crippen MR) is 88.5 cm³/mol. The summed E-state index contributed by atoms with van der Waals surface area (Å²) < 4.78 is 73.2. The van der Waals surface area contributed by atoms with E-state index in [1.165, 1.54) is 25.4 Å². The van der Waals surface area contributed by atoms with Crippen molar-refractivity contribution in [3.05, 3.63) is 76.7 Å². The van der Waals surface area contributed by atoms with Gasteiger partial charge in [-0.1, -0.05) is 12.1 Å². The third-order valence-corrected chi connectivity index (χ3v) is 3.85. The summed E-state index contributed by atoms with van der Waals surface area (Å²) in [4.78, 5) is 12.3. The Labute approximate surface area is 155 Å². The predicted octanol–water partition coefficient (Wildman–Crippen LogP) is 3.89. The number of nitrogens with one attached hydrogen (secondary N) is 1. The largest absolute Gasteiger partial charge is 0.496 e. The van der Waals surface area contributed by atoms with E-state index < -0.39 is 47.1 Å². The first-order chi connectivity index (χ1) is 13.3. The molecule has 10 heteroatoms. The Bertz CT molecular complexity index is 1020. The molecule has 28 heavy (non-hydrogen) atoms. The summed E-state index contributed by atoms with van der Waals surface area (Å²) in [6, 6.07) is 7.70. The molecule has 0 fully saturated rings. The molecule has 0 spiro atoms. The molecule has 3 rings (SSSR count). The lowest BCUT2D eigenvalue weighted by molar-refractivity contribution is 0.102. The van der Waals surface area contributed by atoms with Gasteiger partial charge in [0.2, 0.25) is 5.82 Å². The van der Waals surface area contributed by atoms with Crippen LogP contribution in [0.5, 0.6) is 5.75 Å². The second-order valence-corrected chi connectivity index (χ2v) is 5.60. The van der Waals surface area contributed by atoms with Crippen LogP contribution in [-0.4, -0.2) is 22.8 Å². The minimum absolute atomic E-state index is 0.0137. The molecule has 0 saturated heterocycles. The molecule has 1 N–H and O–H groups in total. The van der Waals surface area contributed by atoms with Crippen LogP contribution < -0.4 is 10.1 Å². The summed E-state index contributed by atoms with van der Waals surface area (Å²) in [7, 11) is 1.39. The van der Waals surface area contributed by atoms with Crippen molar-refractivity contribution >= 4 is 11.7 Å². The molecule has 146 valence electrons. The number of carbonyl (C=O) groups excluding carboxylic acids is 1. The van der Waals surface area contributed by atoms with Gasteiger partial charge in [0.15, 0.2) is 29.1 Å². The van der Waals surface area contributed by atoms with Gasteiger partial charge in [0.25, 0.3) is 5.91 Å². The van der Waals surface area contributed by atoms with E-state index in [4.69, 9.17) is 4.74 Å². The molecule has 1 amide bonds. The number of carbonyl (C=O) groups is 1. The van der Waals surface area contributed by atoms with Crippen molar-refractivity contribution < 1.29 is 31.5 Å². The Kier molecular flexibility index (Phi) is 5.30.